The fourth-order valence-electron chi connectivity index (χ4n) is 3.88. The molecule has 1 aliphatic heterocycles. The Hall–Kier alpha value is -1.89. The van der Waals surface area contributed by atoms with Crippen molar-refractivity contribution in [2.24, 2.45) is 13.0 Å². The van der Waals surface area contributed by atoms with Gasteiger partial charge in [0.2, 0.25) is 5.91 Å². The van der Waals surface area contributed by atoms with Gasteiger partial charge in [-0.25, -0.2) is 4.68 Å². The first-order chi connectivity index (χ1) is 12.0. The van der Waals surface area contributed by atoms with Gasteiger partial charge in [0.15, 0.2) is 0 Å². The van der Waals surface area contributed by atoms with Crippen LogP contribution in [0.5, 0.6) is 0 Å². The van der Waals surface area contributed by atoms with E-state index < -0.39 is 0 Å². The fraction of sp³-hybridized carbons (Fsp3) is 0.722. The molecule has 1 aromatic heterocycles. The number of hydrogen-bond donors (Lipinski definition) is 1. The molecule has 1 saturated heterocycles. The average Bonchev–Trinajstić information content (AvgIpc) is 3.27. The SMILES string of the molecule is CN(CC(=O)NCC1CCN(c2cnn(C)c(=O)c2)C1)C1CCCC1. The lowest BCUT2D eigenvalue weighted by Crippen LogP contribution is -2.41. The van der Waals surface area contributed by atoms with Crippen LogP contribution >= 0.6 is 0 Å². The molecule has 1 atom stereocenters. The Bertz CT molecular complexity index is 653. The topological polar surface area (TPSA) is 70.5 Å². The summed E-state index contributed by atoms with van der Waals surface area (Å²) in [6.07, 6.45) is 7.75. The monoisotopic (exact) mass is 347 g/mol. The second kappa shape index (κ2) is 7.99. The van der Waals surface area contributed by atoms with Crippen LogP contribution in [-0.2, 0) is 11.8 Å². The molecule has 7 nitrogen and oxygen atoms in total. The van der Waals surface area contributed by atoms with E-state index in [1.54, 1.807) is 19.3 Å². The molecule has 0 aromatic carbocycles. The Labute approximate surface area is 149 Å². The third-order valence-corrected chi connectivity index (χ3v) is 5.53. The van der Waals surface area contributed by atoms with Crippen molar-refractivity contribution in [1.82, 2.24) is 20.0 Å². The molecular formula is C18H29N5O2. The van der Waals surface area contributed by atoms with Crippen LogP contribution in [0.3, 0.4) is 0 Å². The van der Waals surface area contributed by atoms with Gasteiger partial charge in [-0.15, -0.1) is 0 Å². The molecule has 1 aromatic rings. The van der Waals surface area contributed by atoms with Crippen molar-refractivity contribution in [3.63, 3.8) is 0 Å². The van der Waals surface area contributed by atoms with E-state index in [0.29, 0.717) is 25.0 Å². The first kappa shape index (κ1) is 17.9. The molecule has 7 heteroatoms. The van der Waals surface area contributed by atoms with E-state index in [1.807, 2.05) is 0 Å². The molecule has 0 spiro atoms. The van der Waals surface area contributed by atoms with Gasteiger partial charge in [-0.05, 0) is 32.2 Å². The summed E-state index contributed by atoms with van der Waals surface area (Å²) in [5, 5.41) is 7.16. The largest absolute Gasteiger partial charge is 0.370 e. The zero-order valence-corrected chi connectivity index (χ0v) is 15.3. The van der Waals surface area contributed by atoms with Gasteiger partial charge in [-0.1, -0.05) is 12.8 Å². The number of aryl methyl sites for hydroxylation is 1. The highest BCUT2D eigenvalue weighted by atomic mass is 16.2. The molecule has 3 rings (SSSR count). The van der Waals surface area contributed by atoms with Crippen molar-refractivity contribution in [3.8, 4) is 0 Å². The summed E-state index contributed by atoms with van der Waals surface area (Å²) in [5.41, 5.74) is 0.780. The molecule has 0 radical (unpaired) electrons. The third-order valence-electron chi connectivity index (χ3n) is 5.53. The third kappa shape index (κ3) is 4.60. The van der Waals surface area contributed by atoms with Crippen LogP contribution in [0, 0.1) is 5.92 Å². The van der Waals surface area contributed by atoms with E-state index in [2.05, 4.69) is 27.3 Å². The number of rotatable bonds is 6. The quantitative estimate of drug-likeness (QED) is 0.816. The molecule has 1 saturated carbocycles. The molecule has 1 unspecified atom stereocenters. The predicted molar refractivity (Wildman–Crippen MR) is 97.7 cm³/mol. The molecule has 1 aliphatic carbocycles. The van der Waals surface area contributed by atoms with E-state index in [9.17, 15) is 9.59 Å². The summed E-state index contributed by atoms with van der Waals surface area (Å²) in [6.45, 7) is 2.94. The van der Waals surface area contributed by atoms with Crippen LogP contribution < -0.4 is 15.8 Å². The van der Waals surface area contributed by atoms with E-state index in [1.165, 1.54) is 30.4 Å². The van der Waals surface area contributed by atoms with Crippen LogP contribution in [0.2, 0.25) is 0 Å². The maximum absolute atomic E-state index is 12.2. The first-order valence-electron chi connectivity index (χ1n) is 9.28. The maximum atomic E-state index is 12.2. The smallest absolute Gasteiger partial charge is 0.268 e. The Morgan fingerprint density at radius 2 is 2.12 bits per heavy atom. The number of nitrogens with one attached hydrogen (secondary N) is 1. The predicted octanol–water partition coefficient (Wildman–Crippen LogP) is 0.597. The number of hydrogen-bond acceptors (Lipinski definition) is 5. The van der Waals surface area contributed by atoms with Gasteiger partial charge in [-0.3, -0.25) is 14.5 Å². The van der Waals surface area contributed by atoms with Gasteiger partial charge in [0.25, 0.3) is 5.56 Å². The van der Waals surface area contributed by atoms with E-state index in [-0.39, 0.29) is 11.5 Å². The number of carbonyl (C=O) groups excluding carboxylic acids is 1. The second-order valence-corrected chi connectivity index (χ2v) is 7.43. The van der Waals surface area contributed by atoms with Crippen molar-refractivity contribution in [2.75, 3.05) is 38.1 Å². The summed E-state index contributed by atoms with van der Waals surface area (Å²) >= 11 is 0. The number of amides is 1. The maximum Gasteiger partial charge on any atom is 0.268 e. The Morgan fingerprint density at radius 1 is 1.36 bits per heavy atom. The number of nitrogens with zero attached hydrogens (tertiary/aromatic N) is 4. The molecule has 2 fully saturated rings. The Morgan fingerprint density at radius 3 is 2.84 bits per heavy atom. The standard InChI is InChI=1S/C18H29N5O2/c1-21(15-5-3-4-6-15)13-17(24)19-10-14-7-8-23(12-14)16-9-18(25)22(2)20-11-16/h9,11,14-15H,3-8,10,12-13H2,1-2H3,(H,19,24). The van der Waals surface area contributed by atoms with Gasteiger partial charge < -0.3 is 10.2 Å². The number of aromatic nitrogens is 2. The Balaban J connectivity index is 1.42. The summed E-state index contributed by atoms with van der Waals surface area (Å²) in [5.74, 6) is 0.535. The fourth-order valence-corrected chi connectivity index (χ4v) is 3.88. The van der Waals surface area contributed by atoms with Crippen molar-refractivity contribution >= 4 is 11.6 Å². The zero-order valence-electron chi connectivity index (χ0n) is 15.3. The van der Waals surface area contributed by atoms with Crippen LogP contribution in [-0.4, -0.2) is 59.9 Å². The molecule has 1 amide bonds. The molecule has 0 bridgehead atoms. The zero-order chi connectivity index (χ0) is 17.8. The lowest BCUT2D eigenvalue weighted by atomic mass is 10.1. The van der Waals surface area contributed by atoms with Crippen molar-refractivity contribution in [2.45, 2.75) is 38.1 Å². The van der Waals surface area contributed by atoms with Gasteiger partial charge >= 0.3 is 0 Å². The minimum atomic E-state index is -0.0933. The normalized spacial score (nSPS) is 21.2. The summed E-state index contributed by atoms with van der Waals surface area (Å²) in [4.78, 5) is 28.3. The van der Waals surface area contributed by atoms with Crippen LogP contribution in [0.1, 0.15) is 32.1 Å². The van der Waals surface area contributed by atoms with Crippen LogP contribution in [0.15, 0.2) is 17.1 Å². The molecule has 1 N–H and O–H groups in total. The van der Waals surface area contributed by atoms with Crippen LogP contribution in [0.25, 0.3) is 0 Å². The minimum Gasteiger partial charge on any atom is -0.370 e. The lowest BCUT2D eigenvalue weighted by Gasteiger charge is -2.23. The molecular weight excluding hydrogens is 318 g/mol. The lowest BCUT2D eigenvalue weighted by molar-refractivity contribution is -0.122. The van der Waals surface area contributed by atoms with E-state index in [0.717, 1.165) is 25.2 Å². The number of likely N-dealkylation sites (N-methyl/N-ethyl adjacent to an activating group) is 1. The van der Waals surface area contributed by atoms with Gasteiger partial charge in [0.05, 0.1) is 18.4 Å². The van der Waals surface area contributed by atoms with Gasteiger partial charge in [-0.2, -0.15) is 5.10 Å². The van der Waals surface area contributed by atoms with Crippen molar-refractivity contribution in [3.05, 3.63) is 22.6 Å². The highest BCUT2D eigenvalue weighted by Crippen LogP contribution is 2.23. The highest BCUT2D eigenvalue weighted by Gasteiger charge is 2.25. The first-order valence-corrected chi connectivity index (χ1v) is 9.28. The minimum absolute atomic E-state index is 0.0933. The van der Waals surface area contributed by atoms with Gasteiger partial charge in [0, 0.05) is 38.8 Å². The van der Waals surface area contributed by atoms with E-state index in [4.69, 9.17) is 0 Å². The highest BCUT2D eigenvalue weighted by molar-refractivity contribution is 5.78. The molecule has 25 heavy (non-hydrogen) atoms. The number of carbonyl (C=O) groups is 1. The van der Waals surface area contributed by atoms with Crippen molar-refractivity contribution < 1.29 is 4.79 Å². The molecule has 138 valence electrons. The average molecular weight is 347 g/mol. The molecule has 2 aliphatic rings. The number of anilines is 1. The summed E-state index contributed by atoms with van der Waals surface area (Å²) in [6, 6.07) is 2.20. The molecule has 2 heterocycles. The summed E-state index contributed by atoms with van der Waals surface area (Å²) < 4.78 is 1.33. The second-order valence-electron chi connectivity index (χ2n) is 7.43. The summed E-state index contributed by atoms with van der Waals surface area (Å²) in [7, 11) is 3.70. The van der Waals surface area contributed by atoms with Gasteiger partial charge in [0.1, 0.15) is 0 Å². The Kier molecular flexibility index (Phi) is 5.73. The van der Waals surface area contributed by atoms with Crippen molar-refractivity contribution in [1.29, 1.82) is 0 Å². The van der Waals surface area contributed by atoms with E-state index >= 15 is 0 Å². The van der Waals surface area contributed by atoms with Crippen LogP contribution in [0.4, 0.5) is 5.69 Å².